The van der Waals surface area contributed by atoms with E-state index in [4.69, 9.17) is 4.74 Å². The lowest BCUT2D eigenvalue weighted by Crippen LogP contribution is -2.49. The minimum absolute atomic E-state index is 0.0379. The number of carboxylic acid groups (broad SMARTS) is 1. The molecule has 0 spiro atoms. The van der Waals surface area contributed by atoms with Gasteiger partial charge in [0.1, 0.15) is 18.7 Å². The van der Waals surface area contributed by atoms with E-state index >= 15 is 0 Å². The third-order valence-corrected chi connectivity index (χ3v) is 3.67. The monoisotopic (exact) mass is 382 g/mol. The Kier molecular flexibility index (Phi) is 9.83. The lowest BCUT2D eigenvalue weighted by molar-refractivity contribution is -0.138. The number of carbonyl (C=O) groups is 3. The highest BCUT2D eigenvalue weighted by Gasteiger charge is 2.19. The van der Waals surface area contributed by atoms with Crippen LogP contribution in [-0.4, -0.2) is 41.8 Å². The molecule has 9 nitrogen and oxygen atoms in total. The zero-order valence-electron chi connectivity index (χ0n) is 14.2. The lowest BCUT2D eigenvalue weighted by atomic mass is 10.1. The minimum atomic E-state index is -1.02. The largest absolute Gasteiger partial charge is 0.480 e. The van der Waals surface area contributed by atoms with Gasteiger partial charge in [0, 0.05) is 12.1 Å². The molecular formula is C16H22N4O5S. The normalized spacial score (nSPS) is 12.5. The molecule has 0 fully saturated rings. The Bertz CT molecular complexity index is 614. The molecule has 142 valence electrons. The van der Waals surface area contributed by atoms with Crippen LogP contribution in [0.1, 0.15) is 12.5 Å². The summed E-state index contributed by atoms with van der Waals surface area (Å²) in [5, 5.41) is 11.6. The summed E-state index contributed by atoms with van der Waals surface area (Å²) >= 11 is 0.817. The van der Waals surface area contributed by atoms with Gasteiger partial charge in [0.05, 0.1) is 0 Å². The van der Waals surface area contributed by atoms with Crippen LogP contribution in [0.4, 0.5) is 4.79 Å². The van der Waals surface area contributed by atoms with Gasteiger partial charge in [-0.1, -0.05) is 43.0 Å². The standard InChI is InChI=1S/C16H22N4O5S/c1-3-9-25-16(24)17-11(2)14(21)18-20-26-19-13(15(22)23)10-12-7-5-4-6-8-12/h3-8,11,13,19-20H,1,9-10H2,2H3,(H,17,24)(H,18,21)(H,22,23)/t11-,13+/m0/s1. The Morgan fingerprint density at radius 2 is 2.00 bits per heavy atom. The molecule has 1 rings (SSSR count). The van der Waals surface area contributed by atoms with Gasteiger partial charge in [-0.3, -0.25) is 15.0 Å². The van der Waals surface area contributed by atoms with Crippen molar-refractivity contribution in [3.63, 3.8) is 0 Å². The summed E-state index contributed by atoms with van der Waals surface area (Å²) < 4.78 is 7.40. The Labute approximate surface area is 155 Å². The summed E-state index contributed by atoms with van der Waals surface area (Å²) in [6.07, 6.45) is 0.945. The van der Waals surface area contributed by atoms with Gasteiger partial charge in [-0.25, -0.2) is 9.52 Å². The second-order valence-electron chi connectivity index (χ2n) is 5.14. The first-order valence-corrected chi connectivity index (χ1v) is 8.52. The van der Waals surface area contributed by atoms with E-state index in [1.807, 2.05) is 30.3 Å². The fourth-order valence-corrected chi connectivity index (χ4v) is 2.27. The predicted octanol–water partition coefficient (Wildman–Crippen LogP) is 0.757. The average molecular weight is 382 g/mol. The van der Waals surface area contributed by atoms with Gasteiger partial charge in [0.25, 0.3) is 5.91 Å². The van der Waals surface area contributed by atoms with E-state index < -0.39 is 30.1 Å². The molecule has 0 aliphatic heterocycles. The molecule has 2 atom stereocenters. The summed E-state index contributed by atoms with van der Waals surface area (Å²) in [6, 6.07) is 7.46. The van der Waals surface area contributed by atoms with Crippen molar-refractivity contribution in [2.75, 3.05) is 6.61 Å². The van der Waals surface area contributed by atoms with Crippen molar-refractivity contribution in [1.29, 1.82) is 0 Å². The van der Waals surface area contributed by atoms with E-state index in [1.165, 1.54) is 13.0 Å². The van der Waals surface area contributed by atoms with Crippen molar-refractivity contribution in [3.05, 3.63) is 48.6 Å². The number of aliphatic carboxylic acids is 1. The number of carboxylic acids is 1. The first-order chi connectivity index (χ1) is 12.4. The number of amides is 2. The van der Waals surface area contributed by atoms with Crippen LogP contribution in [-0.2, 0) is 20.7 Å². The molecule has 0 aromatic heterocycles. The molecule has 0 aliphatic rings. The first-order valence-electron chi connectivity index (χ1n) is 7.71. The van der Waals surface area contributed by atoms with Gasteiger partial charge < -0.3 is 15.2 Å². The first kappa shape index (κ1) is 21.5. The smallest absolute Gasteiger partial charge is 0.408 e. The summed E-state index contributed by atoms with van der Waals surface area (Å²) in [5.41, 5.74) is 3.20. The Morgan fingerprint density at radius 1 is 1.31 bits per heavy atom. The lowest BCUT2D eigenvalue weighted by Gasteiger charge is -2.16. The highest BCUT2D eigenvalue weighted by Crippen LogP contribution is 2.05. The molecule has 10 heteroatoms. The molecular weight excluding hydrogens is 360 g/mol. The minimum Gasteiger partial charge on any atom is -0.480 e. The summed E-state index contributed by atoms with van der Waals surface area (Å²) in [5.74, 6) is -1.54. The van der Waals surface area contributed by atoms with E-state index in [0.29, 0.717) is 0 Å². The van der Waals surface area contributed by atoms with Crippen LogP contribution in [0.25, 0.3) is 0 Å². The highest BCUT2D eigenvalue weighted by molar-refractivity contribution is 7.95. The summed E-state index contributed by atoms with van der Waals surface area (Å²) in [6.45, 7) is 4.91. The molecule has 0 saturated heterocycles. The number of hydrogen-bond donors (Lipinski definition) is 5. The van der Waals surface area contributed by atoms with E-state index in [0.717, 1.165) is 17.7 Å². The highest BCUT2D eigenvalue weighted by atomic mass is 32.2. The van der Waals surface area contributed by atoms with Crippen molar-refractivity contribution in [2.24, 2.45) is 0 Å². The zero-order valence-corrected chi connectivity index (χ0v) is 15.0. The fourth-order valence-electron chi connectivity index (χ4n) is 1.73. The van der Waals surface area contributed by atoms with Crippen molar-refractivity contribution in [1.82, 2.24) is 20.3 Å². The number of hydrazine groups is 1. The maximum absolute atomic E-state index is 11.8. The van der Waals surface area contributed by atoms with Crippen LogP contribution >= 0.6 is 12.1 Å². The quantitative estimate of drug-likeness (QED) is 0.164. The van der Waals surface area contributed by atoms with Crippen LogP contribution in [0.15, 0.2) is 43.0 Å². The number of nitrogens with one attached hydrogen (secondary N) is 4. The maximum Gasteiger partial charge on any atom is 0.408 e. The van der Waals surface area contributed by atoms with Crippen LogP contribution in [0.5, 0.6) is 0 Å². The number of rotatable bonds is 11. The molecule has 5 N–H and O–H groups in total. The molecule has 0 bridgehead atoms. The maximum atomic E-state index is 11.8. The second-order valence-corrected chi connectivity index (χ2v) is 5.79. The van der Waals surface area contributed by atoms with Gasteiger partial charge >= 0.3 is 12.1 Å². The number of hydrogen-bond acceptors (Lipinski definition) is 7. The molecule has 1 aromatic carbocycles. The van der Waals surface area contributed by atoms with Gasteiger partial charge in [-0.15, -0.1) is 0 Å². The number of alkyl carbamates (subject to hydrolysis) is 1. The molecule has 26 heavy (non-hydrogen) atoms. The van der Waals surface area contributed by atoms with Gasteiger partial charge in [0.2, 0.25) is 0 Å². The van der Waals surface area contributed by atoms with Gasteiger partial charge in [0.15, 0.2) is 0 Å². The Morgan fingerprint density at radius 3 is 2.62 bits per heavy atom. The summed E-state index contributed by atoms with van der Waals surface area (Å²) in [4.78, 5) is 36.9. The van der Waals surface area contributed by atoms with Gasteiger partial charge in [-0.05, 0) is 18.9 Å². The summed E-state index contributed by atoms with van der Waals surface area (Å²) in [7, 11) is 0. The van der Waals surface area contributed by atoms with Crippen molar-refractivity contribution in [2.45, 2.75) is 25.4 Å². The van der Waals surface area contributed by atoms with Crippen molar-refractivity contribution >= 4 is 30.1 Å². The van der Waals surface area contributed by atoms with Crippen molar-refractivity contribution < 1.29 is 24.2 Å². The fraction of sp³-hybridized carbons (Fsp3) is 0.312. The Balaban J connectivity index is 2.31. The van der Waals surface area contributed by atoms with Crippen LogP contribution in [0.3, 0.4) is 0 Å². The topological polar surface area (TPSA) is 129 Å². The van der Waals surface area contributed by atoms with E-state index in [2.05, 4.69) is 26.9 Å². The molecule has 0 aliphatic carbocycles. The van der Waals surface area contributed by atoms with E-state index in [-0.39, 0.29) is 13.0 Å². The van der Waals surface area contributed by atoms with Gasteiger partial charge in [-0.2, -0.15) is 4.83 Å². The van der Waals surface area contributed by atoms with Crippen LogP contribution in [0.2, 0.25) is 0 Å². The molecule has 0 saturated carbocycles. The molecule has 0 heterocycles. The number of ether oxygens (including phenoxy) is 1. The average Bonchev–Trinajstić information content (AvgIpc) is 2.62. The number of benzene rings is 1. The number of carbonyl (C=O) groups excluding carboxylic acids is 2. The molecule has 2 amide bonds. The van der Waals surface area contributed by atoms with Crippen LogP contribution in [0, 0.1) is 0 Å². The Hall–Kier alpha value is -2.56. The zero-order chi connectivity index (χ0) is 19.4. The van der Waals surface area contributed by atoms with E-state index in [9.17, 15) is 19.5 Å². The third-order valence-electron chi connectivity index (χ3n) is 3.07. The van der Waals surface area contributed by atoms with E-state index in [1.54, 1.807) is 0 Å². The molecule has 0 unspecified atom stereocenters. The second kappa shape index (κ2) is 11.9. The third kappa shape index (κ3) is 8.51. The van der Waals surface area contributed by atoms with Crippen LogP contribution < -0.4 is 20.3 Å². The molecule has 0 radical (unpaired) electrons. The SMILES string of the molecule is C=CCOC(=O)N[C@@H](C)C(=O)NNSN[C@H](Cc1ccccc1)C(=O)O. The molecule has 1 aromatic rings. The van der Waals surface area contributed by atoms with Crippen molar-refractivity contribution in [3.8, 4) is 0 Å². The predicted molar refractivity (Wildman–Crippen MR) is 97.7 cm³/mol.